The van der Waals surface area contributed by atoms with Gasteiger partial charge in [-0.2, -0.15) is 0 Å². The Morgan fingerprint density at radius 2 is 1.79 bits per heavy atom. The van der Waals surface area contributed by atoms with E-state index >= 15 is 0 Å². The summed E-state index contributed by atoms with van der Waals surface area (Å²) < 4.78 is 5.18. The van der Waals surface area contributed by atoms with Crippen molar-refractivity contribution in [1.29, 1.82) is 0 Å². The van der Waals surface area contributed by atoms with Gasteiger partial charge in [0.2, 0.25) is 0 Å². The van der Waals surface area contributed by atoms with E-state index in [4.69, 9.17) is 4.74 Å². The number of hydrogen-bond acceptors (Lipinski definition) is 6. The van der Waals surface area contributed by atoms with Gasteiger partial charge >= 0.3 is 0 Å². The molecular formula is C21H16N3O5-. The lowest BCUT2D eigenvalue weighted by atomic mass is 10.0. The smallest absolute Gasteiger partial charge is 0.262 e. The van der Waals surface area contributed by atoms with E-state index in [0.29, 0.717) is 28.3 Å². The molecule has 0 aliphatic carbocycles. The SMILES string of the molecule is COc1ccc(N2C(=O)c3ccccc3N[C@@H]2c2ccc([O-])c([N+](=O)[O-])c2)cc1. The van der Waals surface area contributed by atoms with Crippen molar-refractivity contribution < 1.29 is 19.6 Å². The minimum atomic E-state index is -0.731. The molecule has 4 rings (SSSR count). The van der Waals surface area contributed by atoms with Crippen LogP contribution in [0, 0.1) is 10.1 Å². The number of rotatable bonds is 4. The van der Waals surface area contributed by atoms with Gasteiger partial charge in [0, 0.05) is 23.0 Å². The van der Waals surface area contributed by atoms with E-state index < -0.39 is 22.5 Å². The van der Waals surface area contributed by atoms with Gasteiger partial charge in [0.05, 0.1) is 17.6 Å². The van der Waals surface area contributed by atoms with Crippen LogP contribution in [0.3, 0.4) is 0 Å². The van der Waals surface area contributed by atoms with Crippen molar-refractivity contribution in [2.24, 2.45) is 0 Å². The monoisotopic (exact) mass is 390 g/mol. The van der Waals surface area contributed by atoms with Crippen LogP contribution in [0.25, 0.3) is 0 Å². The molecule has 8 heteroatoms. The van der Waals surface area contributed by atoms with E-state index in [2.05, 4.69) is 5.32 Å². The number of amides is 1. The Morgan fingerprint density at radius 3 is 2.48 bits per heavy atom. The standard InChI is InChI=1S/C21H17N3O5/c1-29-15-9-7-14(8-10-15)23-20(13-6-11-19(25)18(12-13)24(27)28)22-17-5-3-2-4-16(17)21(23)26/h2-12,20,22,25H,1H3/p-1/t20-/m0/s1. The van der Waals surface area contributed by atoms with Gasteiger partial charge in [0.25, 0.3) is 11.6 Å². The van der Waals surface area contributed by atoms with E-state index in [-0.39, 0.29) is 5.91 Å². The molecule has 1 aliphatic rings. The molecule has 0 saturated heterocycles. The fraction of sp³-hybridized carbons (Fsp3) is 0.0952. The molecule has 3 aromatic carbocycles. The first-order chi connectivity index (χ1) is 14.0. The van der Waals surface area contributed by atoms with Crippen molar-refractivity contribution in [3.63, 3.8) is 0 Å². The van der Waals surface area contributed by atoms with Gasteiger partial charge in [-0.1, -0.05) is 24.3 Å². The maximum Gasteiger partial charge on any atom is 0.262 e. The Morgan fingerprint density at radius 1 is 1.07 bits per heavy atom. The van der Waals surface area contributed by atoms with Crippen molar-refractivity contribution in [3.05, 3.63) is 88.0 Å². The van der Waals surface area contributed by atoms with Crippen molar-refractivity contribution >= 4 is 23.0 Å². The Hall–Kier alpha value is -4.07. The number of carbonyl (C=O) groups is 1. The third kappa shape index (κ3) is 3.20. The maximum absolute atomic E-state index is 13.3. The number of methoxy groups -OCH3 is 1. The molecule has 29 heavy (non-hydrogen) atoms. The van der Waals surface area contributed by atoms with Gasteiger partial charge in [-0.05, 0) is 42.1 Å². The highest BCUT2D eigenvalue weighted by Crippen LogP contribution is 2.38. The first-order valence-electron chi connectivity index (χ1n) is 8.78. The lowest BCUT2D eigenvalue weighted by Crippen LogP contribution is -2.43. The van der Waals surface area contributed by atoms with E-state index in [0.717, 1.165) is 6.07 Å². The van der Waals surface area contributed by atoms with E-state index in [1.54, 1.807) is 55.6 Å². The second-order valence-electron chi connectivity index (χ2n) is 6.45. The molecule has 0 spiro atoms. The maximum atomic E-state index is 13.3. The molecule has 1 N–H and O–H groups in total. The van der Waals surface area contributed by atoms with Crippen molar-refractivity contribution in [2.45, 2.75) is 6.17 Å². The summed E-state index contributed by atoms with van der Waals surface area (Å²) in [5.74, 6) is -0.310. The van der Waals surface area contributed by atoms with Crippen LogP contribution < -0.4 is 20.1 Å². The Labute approximate surface area is 166 Å². The van der Waals surface area contributed by atoms with Gasteiger partial charge in [0.15, 0.2) is 0 Å². The third-order valence-electron chi connectivity index (χ3n) is 4.77. The predicted octanol–water partition coefficient (Wildman–Crippen LogP) is 3.45. The summed E-state index contributed by atoms with van der Waals surface area (Å²) in [4.78, 5) is 25.3. The summed E-state index contributed by atoms with van der Waals surface area (Å²) in [5.41, 5.74) is 1.56. The molecule has 0 unspecified atom stereocenters. The first-order valence-corrected chi connectivity index (χ1v) is 8.78. The zero-order chi connectivity index (χ0) is 20.5. The molecule has 1 aliphatic heterocycles. The number of anilines is 2. The molecule has 1 atom stereocenters. The van der Waals surface area contributed by atoms with Crippen LogP contribution >= 0.6 is 0 Å². The summed E-state index contributed by atoms with van der Waals surface area (Å²) in [6.07, 6.45) is -0.731. The average molecular weight is 390 g/mol. The summed E-state index contributed by atoms with van der Waals surface area (Å²) in [5, 5.41) is 26.3. The summed E-state index contributed by atoms with van der Waals surface area (Å²) in [6.45, 7) is 0. The zero-order valence-electron chi connectivity index (χ0n) is 15.4. The first kappa shape index (κ1) is 18.3. The second-order valence-corrected chi connectivity index (χ2v) is 6.45. The van der Waals surface area contributed by atoms with Gasteiger partial charge in [-0.25, -0.2) is 0 Å². The molecule has 0 aromatic heterocycles. The number of nitrogens with zero attached hydrogens (tertiary/aromatic N) is 2. The van der Waals surface area contributed by atoms with Gasteiger partial charge in [-0.3, -0.25) is 19.8 Å². The molecule has 0 bridgehead atoms. The number of para-hydroxylation sites is 1. The van der Waals surface area contributed by atoms with Gasteiger partial charge in [-0.15, -0.1) is 0 Å². The number of hydrogen-bond donors (Lipinski definition) is 1. The average Bonchev–Trinajstić information content (AvgIpc) is 2.74. The minimum absolute atomic E-state index is 0.261. The summed E-state index contributed by atoms with van der Waals surface area (Å²) in [7, 11) is 1.55. The molecule has 8 nitrogen and oxygen atoms in total. The van der Waals surface area contributed by atoms with Crippen molar-refractivity contribution in [2.75, 3.05) is 17.3 Å². The normalized spacial score (nSPS) is 15.4. The number of nitro groups is 1. The molecule has 0 fully saturated rings. The Kier molecular flexibility index (Phi) is 4.52. The highest BCUT2D eigenvalue weighted by molar-refractivity contribution is 6.12. The minimum Gasteiger partial charge on any atom is -0.868 e. The number of benzene rings is 3. The second kappa shape index (κ2) is 7.16. The number of nitrogens with one attached hydrogen (secondary N) is 1. The molecular weight excluding hydrogens is 374 g/mol. The highest BCUT2D eigenvalue weighted by atomic mass is 16.6. The highest BCUT2D eigenvalue weighted by Gasteiger charge is 2.34. The van der Waals surface area contributed by atoms with Crippen molar-refractivity contribution in [3.8, 4) is 11.5 Å². The van der Waals surface area contributed by atoms with Crippen LogP contribution in [0.5, 0.6) is 11.5 Å². The van der Waals surface area contributed by atoms with E-state index in [1.807, 2.05) is 0 Å². The summed E-state index contributed by atoms with van der Waals surface area (Å²) >= 11 is 0. The number of carbonyl (C=O) groups excluding carboxylic acids is 1. The van der Waals surface area contributed by atoms with Gasteiger partial charge in [0.1, 0.15) is 11.9 Å². The molecule has 146 valence electrons. The number of nitro benzene ring substituents is 1. The Bertz CT molecular complexity index is 1100. The molecule has 0 saturated carbocycles. The molecule has 3 aromatic rings. The quantitative estimate of drug-likeness (QED) is 0.540. The largest absolute Gasteiger partial charge is 0.868 e. The summed E-state index contributed by atoms with van der Waals surface area (Å²) in [6, 6.07) is 17.8. The van der Waals surface area contributed by atoms with Crippen LogP contribution in [-0.4, -0.2) is 17.9 Å². The predicted molar refractivity (Wildman–Crippen MR) is 105 cm³/mol. The lowest BCUT2D eigenvalue weighted by molar-refractivity contribution is -0.398. The van der Waals surface area contributed by atoms with E-state index in [1.165, 1.54) is 17.0 Å². The number of fused-ring (bicyclic) bond motifs is 1. The van der Waals surface area contributed by atoms with Crippen molar-refractivity contribution in [1.82, 2.24) is 0 Å². The zero-order valence-corrected chi connectivity index (χ0v) is 15.4. The van der Waals surface area contributed by atoms with Crippen LogP contribution in [0.2, 0.25) is 0 Å². The van der Waals surface area contributed by atoms with Crippen LogP contribution in [-0.2, 0) is 0 Å². The topological polar surface area (TPSA) is 108 Å². The van der Waals surface area contributed by atoms with Crippen LogP contribution in [0.4, 0.5) is 17.1 Å². The van der Waals surface area contributed by atoms with Crippen LogP contribution in [0.15, 0.2) is 66.7 Å². The lowest BCUT2D eigenvalue weighted by Gasteiger charge is -2.38. The molecule has 1 amide bonds. The van der Waals surface area contributed by atoms with Crippen LogP contribution in [0.1, 0.15) is 22.1 Å². The molecule has 0 radical (unpaired) electrons. The third-order valence-corrected chi connectivity index (χ3v) is 4.77. The Balaban J connectivity index is 1.86. The fourth-order valence-electron chi connectivity index (χ4n) is 3.34. The number of ether oxygens (including phenoxy) is 1. The van der Waals surface area contributed by atoms with Gasteiger partial charge < -0.3 is 15.2 Å². The van der Waals surface area contributed by atoms with E-state index in [9.17, 15) is 20.0 Å². The fourth-order valence-corrected chi connectivity index (χ4v) is 3.34. The molecule has 1 heterocycles.